The first-order chi connectivity index (χ1) is 10.7. The van der Waals surface area contributed by atoms with Gasteiger partial charge >= 0.3 is 0 Å². The van der Waals surface area contributed by atoms with Gasteiger partial charge in [-0.1, -0.05) is 69.5 Å². The largest absolute Gasteiger partial charge is 0.507 e. The Bertz CT molecular complexity index is 455. The summed E-state index contributed by atoms with van der Waals surface area (Å²) in [6.07, 6.45) is 12.9. The maximum atomic E-state index is 9.77. The highest BCUT2D eigenvalue weighted by atomic mass is 16.4. The van der Waals surface area contributed by atoms with Gasteiger partial charge in [-0.05, 0) is 37.5 Å². The molecule has 0 radical (unpaired) electrons. The van der Waals surface area contributed by atoms with E-state index in [9.17, 15) is 5.11 Å². The third-order valence-corrected chi connectivity index (χ3v) is 4.17. The lowest BCUT2D eigenvalue weighted by molar-refractivity contribution is 0.318. The van der Waals surface area contributed by atoms with E-state index >= 15 is 0 Å². The SMILES string of the molecule is CCCCCCCCCCCc1ccc(O)c(/C(C)=N\O)c1. The lowest BCUT2D eigenvalue weighted by atomic mass is 10.0. The van der Waals surface area contributed by atoms with Gasteiger partial charge in [0.2, 0.25) is 0 Å². The molecule has 0 aliphatic heterocycles. The number of hydrogen-bond donors (Lipinski definition) is 2. The first-order valence-corrected chi connectivity index (χ1v) is 8.70. The van der Waals surface area contributed by atoms with Crippen molar-refractivity contribution in [3.8, 4) is 5.75 Å². The van der Waals surface area contributed by atoms with E-state index in [4.69, 9.17) is 5.21 Å². The maximum Gasteiger partial charge on any atom is 0.124 e. The molecule has 22 heavy (non-hydrogen) atoms. The number of phenols is 1. The Morgan fingerprint density at radius 2 is 1.55 bits per heavy atom. The van der Waals surface area contributed by atoms with Gasteiger partial charge in [0, 0.05) is 5.56 Å². The van der Waals surface area contributed by atoms with Crippen molar-refractivity contribution in [3.63, 3.8) is 0 Å². The van der Waals surface area contributed by atoms with E-state index in [1.165, 1.54) is 63.4 Å². The lowest BCUT2D eigenvalue weighted by Gasteiger charge is -2.07. The Morgan fingerprint density at radius 3 is 2.14 bits per heavy atom. The second-order valence-electron chi connectivity index (χ2n) is 6.12. The zero-order valence-corrected chi connectivity index (χ0v) is 14.1. The fourth-order valence-electron chi connectivity index (χ4n) is 2.72. The van der Waals surface area contributed by atoms with Crippen LogP contribution < -0.4 is 0 Å². The van der Waals surface area contributed by atoms with Crippen LogP contribution in [0.3, 0.4) is 0 Å². The molecule has 0 fully saturated rings. The van der Waals surface area contributed by atoms with Gasteiger partial charge in [0.05, 0.1) is 5.71 Å². The van der Waals surface area contributed by atoms with E-state index in [-0.39, 0.29) is 5.75 Å². The van der Waals surface area contributed by atoms with Gasteiger partial charge in [-0.3, -0.25) is 0 Å². The van der Waals surface area contributed by atoms with Crippen molar-refractivity contribution in [2.24, 2.45) is 5.16 Å². The minimum Gasteiger partial charge on any atom is -0.507 e. The van der Waals surface area contributed by atoms with E-state index in [1.807, 2.05) is 12.1 Å². The Labute approximate surface area is 135 Å². The number of aryl methyl sites for hydroxylation is 1. The standard InChI is InChI=1S/C19H31NO2/c1-3-4-5-6-7-8-9-10-11-12-17-13-14-19(21)18(15-17)16(2)20-22/h13-15,21-22H,3-12H2,1-2H3/b20-16-. The number of aromatic hydroxyl groups is 1. The topological polar surface area (TPSA) is 52.8 Å². The molecule has 124 valence electrons. The highest BCUT2D eigenvalue weighted by molar-refractivity contribution is 6.00. The lowest BCUT2D eigenvalue weighted by Crippen LogP contribution is -1.97. The van der Waals surface area contributed by atoms with E-state index in [1.54, 1.807) is 13.0 Å². The first kappa shape index (κ1) is 18.5. The van der Waals surface area contributed by atoms with Crippen molar-refractivity contribution in [3.05, 3.63) is 29.3 Å². The summed E-state index contributed by atoms with van der Waals surface area (Å²) in [6, 6.07) is 5.57. The van der Waals surface area contributed by atoms with Crippen molar-refractivity contribution < 1.29 is 10.3 Å². The fourth-order valence-corrected chi connectivity index (χ4v) is 2.72. The van der Waals surface area contributed by atoms with Crippen LogP contribution in [0.2, 0.25) is 0 Å². The van der Waals surface area contributed by atoms with Crippen LogP contribution >= 0.6 is 0 Å². The molecule has 2 N–H and O–H groups in total. The second kappa shape index (κ2) is 11.1. The number of phenolic OH excluding ortho intramolecular Hbond substituents is 1. The van der Waals surface area contributed by atoms with Crippen molar-refractivity contribution in [1.29, 1.82) is 0 Å². The summed E-state index contributed by atoms with van der Waals surface area (Å²) >= 11 is 0. The summed E-state index contributed by atoms with van der Waals surface area (Å²) in [5.74, 6) is 0.172. The number of unbranched alkanes of at least 4 members (excludes halogenated alkanes) is 8. The summed E-state index contributed by atoms with van der Waals surface area (Å²) in [4.78, 5) is 0. The highest BCUT2D eigenvalue weighted by Gasteiger charge is 2.06. The summed E-state index contributed by atoms with van der Waals surface area (Å²) < 4.78 is 0. The van der Waals surface area contributed by atoms with Gasteiger partial charge in [-0.15, -0.1) is 0 Å². The Hall–Kier alpha value is -1.51. The van der Waals surface area contributed by atoms with Crippen molar-refractivity contribution in [2.45, 2.75) is 78.1 Å². The van der Waals surface area contributed by atoms with Gasteiger partial charge in [0.25, 0.3) is 0 Å². The average Bonchev–Trinajstić information content (AvgIpc) is 2.54. The molecule has 1 aromatic rings. The molecule has 0 spiro atoms. The summed E-state index contributed by atoms with van der Waals surface area (Å²) in [6.45, 7) is 3.94. The molecular formula is C19H31NO2. The smallest absolute Gasteiger partial charge is 0.124 e. The number of oxime groups is 1. The molecule has 0 unspecified atom stereocenters. The van der Waals surface area contributed by atoms with Crippen LogP contribution in [0.15, 0.2) is 23.4 Å². The summed E-state index contributed by atoms with van der Waals surface area (Å²) in [5.41, 5.74) is 2.26. The quantitative estimate of drug-likeness (QED) is 0.240. The number of nitrogens with zero attached hydrogens (tertiary/aromatic N) is 1. The van der Waals surface area contributed by atoms with Gasteiger partial charge in [0.15, 0.2) is 0 Å². The second-order valence-corrected chi connectivity index (χ2v) is 6.12. The molecule has 3 heteroatoms. The normalized spacial score (nSPS) is 11.8. The summed E-state index contributed by atoms with van der Waals surface area (Å²) in [7, 11) is 0. The average molecular weight is 305 g/mol. The minimum atomic E-state index is 0.172. The molecule has 0 aliphatic rings. The third-order valence-electron chi connectivity index (χ3n) is 4.17. The van der Waals surface area contributed by atoms with Gasteiger partial charge in [-0.25, -0.2) is 0 Å². The van der Waals surface area contributed by atoms with E-state index in [0.29, 0.717) is 11.3 Å². The maximum absolute atomic E-state index is 9.77. The van der Waals surface area contributed by atoms with Gasteiger partial charge < -0.3 is 10.3 Å². The monoisotopic (exact) mass is 305 g/mol. The molecule has 0 saturated carbocycles. The molecule has 1 aromatic carbocycles. The van der Waals surface area contributed by atoms with Crippen LogP contribution in [-0.2, 0) is 6.42 Å². The number of rotatable bonds is 11. The van der Waals surface area contributed by atoms with Crippen LogP contribution in [0.5, 0.6) is 5.75 Å². The van der Waals surface area contributed by atoms with Gasteiger partial charge in [-0.2, -0.15) is 0 Å². The molecule has 0 aliphatic carbocycles. The molecular weight excluding hydrogens is 274 g/mol. The predicted octanol–water partition coefficient (Wildman–Crippen LogP) is 5.66. The van der Waals surface area contributed by atoms with Crippen LogP contribution in [0.1, 0.15) is 82.8 Å². The predicted molar refractivity (Wildman–Crippen MR) is 93.0 cm³/mol. The number of benzene rings is 1. The molecule has 3 nitrogen and oxygen atoms in total. The molecule has 0 bridgehead atoms. The Morgan fingerprint density at radius 1 is 0.955 bits per heavy atom. The molecule has 0 saturated heterocycles. The third kappa shape index (κ3) is 6.97. The summed E-state index contributed by atoms with van der Waals surface area (Å²) in [5, 5.41) is 21.8. The minimum absolute atomic E-state index is 0.172. The zero-order chi connectivity index (χ0) is 16.2. The van der Waals surface area contributed by atoms with Crippen LogP contribution in [0.4, 0.5) is 0 Å². The van der Waals surface area contributed by atoms with Gasteiger partial charge in [0.1, 0.15) is 5.75 Å². The highest BCUT2D eigenvalue weighted by Crippen LogP contribution is 2.21. The van der Waals surface area contributed by atoms with Crippen LogP contribution in [-0.4, -0.2) is 16.0 Å². The zero-order valence-electron chi connectivity index (χ0n) is 14.1. The molecule has 0 atom stereocenters. The first-order valence-electron chi connectivity index (χ1n) is 8.70. The molecule has 0 aromatic heterocycles. The molecule has 0 amide bonds. The number of hydrogen-bond acceptors (Lipinski definition) is 3. The van der Waals surface area contributed by atoms with Crippen molar-refractivity contribution >= 4 is 5.71 Å². The van der Waals surface area contributed by atoms with E-state index in [2.05, 4.69) is 12.1 Å². The molecule has 1 rings (SSSR count). The molecule has 0 heterocycles. The fraction of sp³-hybridized carbons (Fsp3) is 0.632. The van der Waals surface area contributed by atoms with E-state index in [0.717, 1.165) is 6.42 Å². The Balaban J connectivity index is 2.23. The van der Waals surface area contributed by atoms with Crippen LogP contribution in [0, 0.1) is 0 Å². The van der Waals surface area contributed by atoms with E-state index < -0.39 is 0 Å². The Kier molecular flexibility index (Phi) is 9.36. The van der Waals surface area contributed by atoms with Crippen molar-refractivity contribution in [2.75, 3.05) is 0 Å². The van der Waals surface area contributed by atoms with Crippen LogP contribution in [0.25, 0.3) is 0 Å². The van der Waals surface area contributed by atoms with Crippen molar-refractivity contribution in [1.82, 2.24) is 0 Å².